The summed E-state index contributed by atoms with van der Waals surface area (Å²) in [5, 5.41) is 15.7. The molecule has 4 aromatic carbocycles. The van der Waals surface area contributed by atoms with Crippen molar-refractivity contribution >= 4 is 84.2 Å². The highest BCUT2D eigenvalue weighted by Crippen LogP contribution is 2.38. The highest BCUT2D eigenvalue weighted by Gasteiger charge is 2.32. The summed E-state index contributed by atoms with van der Waals surface area (Å²) in [6, 6.07) is 15.7. The van der Waals surface area contributed by atoms with E-state index < -0.39 is 208 Å². The molecule has 6 atom stereocenters. The lowest BCUT2D eigenvalue weighted by Crippen LogP contribution is -2.31. The number of aromatic amines is 4. The second kappa shape index (κ2) is 49.9. The first-order valence-corrected chi connectivity index (χ1v) is 52.8. The number of hydrogen-bond donors (Lipinski definition) is 8. The summed E-state index contributed by atoms with van der Waals surface area (Å²) in [4.78, 5) is 87.9. The molecule has 44 heteroatoms. The summed E-state index contributed by atoms with van der Waals surface area (Å²) in [7, 11) is -6.62. The molecule has 4 aliphatic rings. The van der Waals surface area contributed by atoms with Crippen molar-refractivity contribution in [2.45, 2.75) is 253 Å². The van der Waals surface area contributed by atoms with Crippen LogP contribution in [0.25, 0.3) is 89.7 Å². The summed E-state index contributed by atoms with van der Waals surface area (Å²) in [5.74, 6) is -0.398. The first-order chi connectivity index (χ1) is 82.0. The fourth-order valence-electron chi connectivity index (χ4n) is 17.1. The smallest absolute Gasteiger partial charge is 0.277 e. The molecular formula is C100H144N24O16S4. The number of H-pyrrole nitrogens is 4. The number of sulfonamides is 4. The lowest BCUT2D eigenvalue weighted by atomic mass is 10.1. The Bertz CT molecular complexity index is 8800. The first kappa shape index (κ1) is 72.3. The van der Waals surface area contributed by atoms with E-state index in [1.54, 1.807) is 0 Å². The molecule has 0 saturated carbocycles. The Hall–Kier alpha value is -11.0. The van der Waals surface area contributed by atoms with Crippen molar-refractivity contribution in [1.29, 1.82) is 0 Å². The monoisotopic (exact) mass is 2100 g/mol. The third-order valence-electron chi connectivity index (χ3n) is 24.6. The van der Waals surface area contributed by atoms with Gasteiger partial charge in [0.15, 0.2) is 22.1 Å². The predicted molar refractivity (Wildman–Crippen MR) is 559 cm³/mol. The summed E-state index contributed by atoms with van der Waals surface area (Å²) in [6.07, 6.45) is -9.96. The summed E-state index contributed by atoms with van der Waals surface area (Å²) in [6.45, 7) is -11.5. The van der Waals surface area contributed by atoms with Gasteiger partial charge in [-0.05, 0) is 255 Å². The van der Waals surface area contributed by atoms with Crippen molar-refractivity contribution in [3.05, 3.63) is 137 Å². The van der Waals surface area contributed by atoms with E-state index in [9.17, 15) is 52.8 Å². The molecular weight excluding hydrogens is 1920 g/mol. The molecule has 12 aromatic rings. The van der Waals surface area contributed by atoms with E-state index in [2.05, 4.69) is 93.9 Å². The summed E-state index contributed by atoms with van der Waals surface area (Å²) in [5.41, 5.74) is -8.82. The number of benzene rings is 4. The largest absolute Gasteiger partial charge is 0.493 e. The van der Waals surface area contributed by atoms with Gasteiger partial charge >= 0.3 is 0 Å². The summed E-state index contributed by atoms with van der Waals surface area (Å²) >= 11 is 0. The van der Waals surface area contributed by atoms with Crippen molar-refractivity contribution in [1.82, 2.24) is 117 Å². The lowest BCUT2D eigenvalue weighted by Gasteiger charge is -2.19. The van der Waals surface area contributed by atoms with E-state index in [0.717, 1.165) is 93.0 Å². The number of likely N-dealkylation sites (tertiary alicyclic amines) is 4. The van der Waals surface area contributed by atoms with Crippen molar-refractivity contribution in [2.75, 3.05) is 107 Å². The van der Waals surface area contributed by atoms with Gasteiger partial charge < -0.3 is 58.5 Å². The van der Waals surface area contributed by atoms with Crippen LogP contribution in [0.2, 0.25) is 0 Å². The van der Waals surface area contributed by atoms with Gasteiger partial charge in [0.2, 0.25) is 40.1 Å². The van der Waals surface area contributed by atoms with E-state index in [4.69, 9.17) is 65.6 Å². The van der Waals surface area contributed by atoms with Crippen molar-refractivity contribution < 1.29 is 99.2 Å². The van der Waals surface area contributed by atoms with Gasteiger partial charge in [-0.3, -0.25) is 37.9 Å². The Morgan fingerprint density at radius 1 is 0.368 bits per heavy atom. The predicted octanol–water partition coefficient (Wildman–Crippen LogP) is 11.3. The Labute approximate surface area is 890 Å². The topological polar surface area (TPSA) is 489 Å². The summed E-state index contributed by atoms with van der Waals surface area (Å²) < 4.78 is 412. The maximum atomic E-state index is 13.4. The number of aryl methyl sites for hydroxylation is 8. The molecule has 16 rings (SSSR count). The average Bonchev–Trinajstić information content (AvgIpc) is 1.55. The lowest BCUT2D eigenvalue weighted by molar-refractivity contribution is 0.297. The van der Waals surface area contributed by atoms with Crippen LogP contribution in [-0.4, -0.2) is 263 Å². The van der Waals surface area contributed by atoms with Crippen LogP contribution in [0.15, 0.2) is 112 Å². The number of nitrogens with zero attached hydrogens (tertiary/aromatic N) is 16. The van der Waals surface area contributed by atoms with Crippen LogP contribution in [0.4, 0.5) is 0 Å². The van der Waals surface area contributed by atoms with E-state index in [1.165, 1.54) is 80.8 Å². The fraction of sp³-hybridized carbons (Fsp3) is 0.560. The highest BCUT2D eigenvalue weighted by molar-refractivity contribution is 7.90. The molecule has 40 nitrogen and oxygen atoms in total. The second-order valence-corrected chi connectivity index (χ2v) is 41.6. The Morgan fingerprint density at radius 2 is 0.653 bits per heavy atom. The SMILES string of the molecule is [2H]C(CC1CCCN1C)NS(=O)(=O)c1ccc(OCCC)c(-c2nc3c(C([2H])([2H])C([2H])([2H])C([2H])([2H])[2H])nn(C)c3c(=O)[nH]2)c1.[2H]C(CC1CCCN1C)NS(=O)(=O)c1ccc(OCCC)c(-c2nc3c(CC([2H])([2H])C([2H])([2H])[2H])nn(C([2H])([2H])[2H])c3c(=O)[nH]2)c1.[2H]C([2H])(CC1CCCN1C)NS(=O)(=O)c1ccc(OCCC)c(-c2nc3c(C([2H])([2H])C([2H])([2H])C([2H])([2H])[2H])nn(C)c3c(=O)[nH]2)c1.[2H]C([2H])([2H])n1nc(CC([2H])([2H])C([2H])([2H])[2H])c2nc(-c3cc(S(=O)(=O)NCCC4CCCN4C)ccc3OCCC)[nH]c(=O)c21. The van der Waals surface area contributed by atoms with Crippen molar-refractivity contribution in [3.8, 4) is 68.5 Å². The van der Waals surface area contributed by atoms with Gasteiger partial charge in [-0.1, -0.05) is 80.6 Å². The minimum Gasteiger partial charge on any atom is -0.493 e. The zero-order valence-electron chi connectivity index (χ0n) is 115. The standard InChI is InChI=1S/4C25H36N6O4S/c4*1-5-8-20-22-23(31(4)29-20)25(32)28-24(27-22)19-16-18(10-11-21(19)35-15-6-2)36(33,34)26-13-12-17-9-7-14-30(17)3/h4*10-11,16-17,26H,5-9,12-15H2,1-4H3,(H,27,28,32)/i1D3,5D2,8D2,13D2;1D3,5D2,8D2,13D;1D3,4D3,5D2,13D;1D3,4D3,5D2. The zero-order chi connectivity index (χ0) is 133. The Balaban J connectivity index is 0.000000193. The van der Waals surface area contributed by atoms with Crippen LogP contribution in [0.3, 0.4) is 0 Å². The van der Waals surface area contributed by atoms with Gasteiger partial charge in [-0.2, -0.15) is 20.4 Å². The van der Waals surface area contributed by atoms with Gasteiger partial charge in [0.1, 0.15) is 68.4 Å². The molecule has 12 heterocycles. The Kier molecular flexibility index (Phi) is 25.1. The van der Waals surface area contributed by atoms with Crippen molar-refractivity contribution in [3.63, 3.8) is 0 Å². The normalized spacial score (nSPS) is 21.9. The van der Waals surface area contributed by atoms with Gasteiger partial charge in [0.05, 0.1) is 91.0 Å². The number of aromatic nitrogens is 16. The highest BCUT2D eigenvalue weighted by atomic mass is 32.2. The zero-order valence-corrected chi connectivity index (χ0v) is 84.6. The molecule has 0 aliphatic carbocycles. The van der Waals surface area contributed by atoms with Gasteiger partial charge in [0, 0.05) is 125 Å². The number of rotatable bonds is 44. The van der Waals surface area contributed by atoms with E-state index >= 15 is 0 Å². The van der Waals surface area contributed by atoms with Crippen LogP contribution < -0.4 is 60.1 Å². The molecule has 4 saturated heterocycles. The molecule has 784 valence electrons. The number of ether oxygens (including phenoxy) is 4. The molecule has 4 fully saturated rings. The van der Waals surface area contributed by atoms with Gasteiger partial charge in [0.25, 0.3) is 22.2 Å². The third-order valence-corrected chi connectivity index (χ3v) is 30.1. The molecule has 0 amide bonds. The van der Waals surface area contributed by atoms with Crippen molar-refractivity contribution in [2.24, 2.45) is 28.0 Å². The van der Waals surface area contributed by atoms with E-state index in [-0.39, 0.29) is 192 Å². The molecule has 0 spiro atoms. The average molecular weight is 2100 g/mol. The molecule has 8 N–H and O–H groups in total. The van der Waals surface area contributed by atoms with Crippen LogP contribution in [0.1, 0.15) is 253 Å². The molecule has 0 bridgehead atoms. The van der Waals surface area contributed by atoms with Crippen LogP contribution in [0, 0.1) is 0 Å². The number of hydrogen-bond acceptors (Lipinski definition) is 28. The molecule has 4 aliphatic heterocycles. The quantitative estimate of drug-likeness (QED) is 0.0176. The van der Waals surface area contributed by atoms with Crippen LogP contribution in [0.5, 0.6) is 23.0 Å². The van der Waals surface area contributed by atoms with Gasteiger partial charge in [-0.25, -0.2) is 72.5 Å². The van der Waals surface area contributed by atoms with Crippen LogP contribution >= 0.6 is 0 Å². The Morgan fingerprint density at radius 3 is 0.951 bits per heavy atom. The van der Waals surface area contributed by atoms with E-state index in [1.807, 2.05) is 60.8 Å². The minimum absolute atomic E-state index is 0.00815. The molecule has 0 radical (unpaired) electrons. The van der Waals surface area contributed by atoms with Gasteiger partial charge in [-0.15, -0.1) is 0 Å². The molecule has 144 heavy (non-hydrogen) atoms. The van der Waals surface area contributed by atoms with Crippen LogP contribution in [-0.2, 0) is 93.7 Å². The third kappa shape index (κ3) is 26.5. The minimum atomic E-state index is -4.47. The molecule has 8 aromatic heterocycles. The van der Waals surface area contributed by atoms with E-state index in [0.29, 0.717) is 47.9 Å². The number of fused-ring (bicyclic) bond motifs is 4. The first-order valence-electron chi connectivity index (χ1n) is 64.0. The maximum Gasteiger partial charge on any atom is 0.277 e. The number of nitrogens with one attached hydrogen (secondary N) is 8. The second-order valence-electron chi connectivity index (χ2n) is 34.7. The molecule has 6 unspecified atom stereocenters. The maximum absolute atomic E-state index is 13.4. The fourth-order valence-corrected chi connectivity index (χ4v) is 21.1.